The second-order valence-electron chi connectivity index (χ2n) is 3.81. The monoisotopic (exact) mass is 219 g/mol. The van der Waals surface area contributed by atoms with Crippen molar-refractivity contribution in [1.29, 1.82) is 0 Å². The minimum atomic E-state index is -0.268. The van der Waals surface area contributed by atoms with Crippen LogP contribution in [0.3, 0.4) is 0 Å². The number of ether oxygens (including phenoxy) is 1. The number of benzene rings is 1. The lowest BCUT2D eigenvalue weighted by Crippen LogP contribution is -2.22. The Kier molecular flexibility index (Phi) is 2.90. The maximum absolute atomic E-state index is 11.3. The number of hydrogen-bond acceptors (Lipinski definition) is 4. The van der Waals surface area contributed by atoms with Crippen LogP contribution in [0.5, 0.6) is 0 Å². The fraction of sp³-hybridized carbons (Fsp3) is 0.333. The molecule has 0 amide bonds. The molecule has 2 rings (SSSR count). The van der Waals surface area contributed by atoms with E-state index in [-0.39, 0.29) is 18.2 Å². The lowest BCUT2D eigenvalue weighted by molar-refractivity contribution is -0.139. The van der Waals surface area contributed by atoms with Crippen molar-refractivity contribution < 1.29 is 14.3 Å². The van der Waals surface area contributed by atoms with Gasteiger partial charge in [0.05, 0.1) is 20.1 Å². The quantitative estimate of drug-likeness (QED) is 0.752. The van der Waals surface area contributed by atoms with Crippen LogP contribution >= 0.6 is 0 Å². The maximum Gasteiger partial charge on any atom is 0.309 e. The van der Waals surface area contributed by atoms with Crippen LogP contribution in [0.15, 0.2) is 18.2 Å². The van der Waals surface area contributed by atoms with Gasteiger partial charge in [0.15, 0.2) is 5.78 Å². The molecule has 0 unspecified atom stereocenters. The molecule has 84 valence electrons. The van der Waals surface area contributed by atoms with Crippen LogP contribution in [-0.2, 0) is 27.2 Å². The Labute approximate surface area is 93.6 Å². The summed E-state index contributed by atoms with van der Waals surface area (Å²) in [6.07, 6.45) is 0.690. The molecule has 0 fully saturated rings. The van der Waals surface area contributed by atoms with Gasteiger partial charge >= 0.3 is 5.97 Å². The van der Waals surface area contributed by atoms with Gasteiger partial charge in [-0.15, -0.1) is 0 Å². The van der Waals surface area contributed by atoms with E-state index in [1.165, 1.54) is 7.11 Å². The fourth-order valence-corrected chi connectivity index (χ4v) is 1.78. The Balaban J connectivity index is 2.21. The van der Waals surface area contributed by atoms with Crippen LogP contribution < -0.4 is 5.32 Å². The average Bonchev–Trinajstić information content (AvgIpc) is 2.28. The van der Waals surface area contributed by atoms with Crippen LogP contribution in [-0.4, -0.2) is 25.4 Å². The number of nitrogens with one attached hydrogen (secondary N) is 1. The fourth-order valence-electron chi connectivity index (χ4n) is 1.78. The third-order valence-electron chi connectivity index (χ3n) is 2.61. The first-order chi connectivity index (χ1) is 7.69. The lowest BCUT2D eigenvalue weighted by atomic mass is 9.99. The van der Waals surface area contributed by atoms with E-state index in [9.17, 15) is 9.59 Å². The number of fused-ring (bicyclic) bond motifs is 1. The summed E-state index contributed by atoms with van der Waals surface area (Å²) in [6, 6.07) is 5.66. The Morgan fingerprint density at radius 2 is 2.31 bits per heavy atom. The molecule has 1 aliphatic heterocycles. The van der Waals surface area contributed by atoms with Crippen molar-refractivity contribution in [3.8, 4) is 0 Å². The van der Waals surface area contributed by atoms with Gasteiger partial charge in [0, 0.05) is 12.1 Å². The highest BCUT2D eigenvalue weighted by molar-refractivity contribution is 5.89. The molecule has 0 saturated heterocycles. The molecule has 1 aromatic rings. The molecule has 4 heteroatoms. The van der Waals surface area contributed by atoms with Crippen LogP contribution in [0.2, 0.25) is 0 Å². The Morgan fingerprint density at radius 3 is 3.06 bits per heavy atom. The topological polar surface area (TPSA) is 55.4 Å². The molecule has 0 aromatic heterocycles. The van der Waals surface area contributed by atoms with Crippen molar-refractivity contribution in [3.05, 3.63) is 29.3 Å². The van der Waals surface area contributed by atoms with E-state index in [0.29, 0.717) is 13.0 Å². The summed E-state index contributed by atoms with van der Waals surface area (Å²) in [4.78, 5) is 22.4. The molecule has 1 N–H and O–H groups in total. The summed E-state index contributed by atoms with van der Waals surface area (Å²) in [6.45, 7) is 0.392. The zero-order valence-electron chi connectivity index (χ0n) is 9.08. The number of methoxy groups -OCH3 is 1. The van der Waals surface area contributed by atoms with Gasteiger partial charge in [-0.2, -0.15) is 0 Å². The van der Waals surface area contributed by atoms with Gasteiger partial charge in [-0.3, -0.25) is 9.59 Å². The normalized spacial score (nSPS) is 13.9. The zero-order chi connectivity index (χ0) is 11.5. The van der Waals surface area contributed by atoms with Crippen LogP contribution in [0.25, 0.3) is 0 Å². The summed E-state index contributed by atoms with van der Waals surface area (Å²) >= 11 is 0. The number of hydrogen-bond donors (Lipinski definition) is 1. The van der Waals surface area contributed by atoms with Crippen molar-refractivity contribution in [3.63, 3.8) is 0 Å². The van der Waals surface area contributed by atoms with Gasteiger partial charge < -0.3 is 10.1 Å². The van der Waals surface area contributed by atoms with Crippen molar-refractivity contribution in [2.24, 2.45) is 0 Å². The van der Waals surface area contributed by atoms with Crippen LogP contribution in [0.1, 0.15) is 11.1 Å². The Hall–Kier alpha value is -1.84. The van der Waals surface area contributed by atoms with E-state index < -0.39 is 0 Å². The summed E-state index contributed by atoms with van der Waals surface area (Å²) in [7, 11) is 1.37. The molecule has 0 aliphatic carbocycles. The second kappa shape index (κ2) is 4.35. The van der Waals surface area contributed by atoms with Crippen molar-refractivity contribution in [1.82, 2.24) is 0 Å². The molecule has 0 saturated carbocycles. The Morgan fingerprint density at radius 1 is 1.50 bits per heavy atom. The minimum Gasteiger partial charge on any atom is -0.469 e. The highest BCUT2D eigenvalue weighted by atomic mass is 16.5. The van der Waals surface area contributed by atoms with E-state index in [2.05, 4.69) is 10.1 Å². The molecular weight excluding hydrogens is 206 g/mol. The number of anilines is 1. The Bertz CT molecular complexity index is 440. The largest absolute Gasteiger partial charge is 0.469 e. The lowest BCUT2D eigenvalue weighted by Gasteiger charge is -2.17. The molecule has 0 bridgehead atoms. The van der Waals surface area contributed by atoms with Gasteiger partial charge in [-0.25, -0.2) is 0 Å². The van der Waals surface area contributed by atoms with Crippen molar-refractivity contribution in [2.45, 2.75) is 12.8 Å². The van der Waals surface area contributed by atoms with Gasteiger partial charge in [-0.05, 0) is 17.2 Å². The summed E-state index contributed by atoms with van der Waals surface area (Å²) in [5, 5.41) is 3.04. The second-order valence-corrected chi connectivity index (χ2v) is 3.81. The molecule has 1 aromatic carbocycles. The van der Waals surface area contributed by atoms with E-state index >= 15 is 0 Å². The summed E-state index contributed by atoms with van der Waals surface area (Å²) in [5.41, 5.74) is 2.81. The van der Waals surface area contributed by atoms with Crippen molar-refractivity contribution >= 4 is 17.4 Å². The summed E-state index contributed by atoms with van der Waals surface area (Å²) < 4.78 is 4.60. The molecule has 4 nitrogen and oxygen atoms in total. The number of Topliss-reactive ketones (excluding diaryl/α,β-unsaturated/α-hetero) is 1. The number of esters is 1. The van der Waals surface area contributed by atoms with E-state index in [1.807, 2.05) is 18.2 Å². The van der Waals surface area contributed by atoms with Crippen LogP contribution in [0, 0.1) is 0 Å². The third-order valence-corrected chi connectivity index (χ3v) is 2.61. The number of carbonyl (C=O) groups is 2. The van der Waals surface area contributed by atoms with Gasteiger partial charge in [0.25, 0.3) is 0 Å². The molecule has 0 atom stereocenters. The number of ketones is 1. The first-order valence-corrected chi connectivity index (χ1v) is 5.13. The standard InChI is InChI=1S/C12H13NO3/c1-16-12(15)5-8-2-3-11-9(4-8)6-10(14)7-13-11/h2-4,13H,5-7H2,1H3. The number of carbonyl (C=O) groups excluding carboxylic acids is 2. The molecule has 1 heterocycles. The average molecular weight is 219 g/mol. The maximum atomic E-state index is 11.3. The molecule has 16 heavy (non-hydrogen) atoms. The van der Waals surface area contributed by atoms with E-state index in [1.54, 1.807) is 0 Å². The SMILES string of the molecule is COC(=O)Cc1ccc2c(c1)CC(=O)CN2. The highest BCUT2D eigenvalue weighted by Crippen LogP contribution is 2.22. The smallest absolute Gasteiger partial charge is 0.309 e. The first kappa shape index (κ1) is 10.7. The predicted octanol–water partition coefficient (Wildman–Crippen LogP) is 0.939. The summed E-state index contributed by atoms with van der Waals surface area (Å²) in [5.74, 6) is -0.0993. The van der Waals surface area contributed by atoms with Gasteiger partial charge in [-0.1, -0.05) is 12.1 Å². The van der Waals surface area contributed by atoms with Gasteiger partial charge in [0.2, 0.25) is 0 Å². The molecule has 0 radical (unpaired) electrons. The van der Waals surface area contributed by atoms with Crippen LogP contribution in [0.4, 0.5) is 5.69 Å². The predicted molar refractivity (Wildman–Crippen MR) is 59.4 cm³/mol. The highest BCUT2D eigenvalue weighted by Gasteiger charge is 2.15. The number of rotatable bonds is 2. The first-order valence-electron chi connectivity index (χ1n) is 5.13. The third kappa shape index (κ3) is 2.21. The minimum absolute atomic E-state index is 0.169. The van der Waals surface area contributed by atoms with Crippen molar-refractivity contribution in [2.75, 3.05) is 19.0 Å². The van der Waals surface area contributed by atoms with Gasteiger partial charge in [0.1, 0.15) is 0 Å². The molecule has 1 aliphatic rings. The molecular formula is C12H13NO3. The zero-order valence-corrected chi connectivity index (χ0v) is 9.08. The van der Waals surface area contributed by atoms with E-state index in [0.717, 1.165) is 16.8 Å². The van der Waals surface area contributed by atoms with E-state index in [4.69, 9.17) is 0 Å². The molecule has 0 spiro atoms.